The Hall–Kier alpha value is -1.22. The number of rotatable bonds is 8. The van der Waals surface area contributed by atoms with Crippen molar-refractivity contribution in [2.75, 3.05) is 19.8 Å². The SMILES string of the molecule is CCOc1ccccc1OCCC1(CNC(C)(C)C)CC1. The second-order valence-electron chi connectivity index (χ2n) is 7.08. The van der Waals surface area contributed by atoms with Gasteiger partial charge in [-0.1, -0.05) is 12.1 Å². The maximum absolute atomic E-state index is 5.94. The largest absolute Gasteiger partial charge is 0.490 e. The topological polar surface area (TPSA) is 30.5 Å². The highest BCUT2D eigenvalue weighted by atomic mass is 16.5. The van der Waals surface area contributed by atoms with Crippen LogP contribution in [0, 0.1) is 5.41 Å². The van der Waals surface area contributed by atoms with Crippen LogP contribution >= 0.6 is 0 Å². The Bertz CT molecular complexity index is 447. The third kappa shape index (κ3) is 5.24. The zero-order chi connectivity index (χ0) is 15.3. The lowest BCUT2D eigenvalue weighted by atomic mass is 10.0. The molecule has 0 spiro atoms. The molecule has 0 aliphatic heterocycles. The van der Waals surface area contributed by atoms with Crippen LogP contribution in [0.5, 0.6) is 11.5 Å². The highest BCUT2D eigenvalue weighted by Crippen LogP contribution is 2.48. The summed E-state index contributed by atoms with van der Waals surface area (Å²) in [5, 5.41) is 3.62. The molecule has 0 amide bonds. The highest BCUT2D eigenvalue weighted by Gasteiger charge is 2.42. The zero-order valence-electron chi connectivity index (χ0n) is 13.9. The Morgan fingerprint density at radius 3 is 2.24 bits per heavy atom. The summed E-state index contributed by atoms with van der Waals surface area (Å²) in [7, 11) is 0. The van der Waals surface area contributed by atoms with Crippen molar-refractivity contribution in [3.8, 4) is 11.5 Å². The molecule has 1 aliphatic rings. The summed E-state index contributed by atoms with van der Waals surface area (Å²) in [5.74, 6) is 1.71. The van der Waals surface area contributed by atoms with Crippen molar-refractivity contribution in [1.29, 1.82) is 0 Å². The molecule has 3 heteroatoms. The van der Waals surface area contributed by atoms with Gasteiger partial charge >= 0.3 is 0 Å². The van der Waals surface area contributed by atoms with E-state index in [-0.39, 0.29) is 5.54 Å². The Morgan fingerprint density at radius 2 is 1.71 bits per heavy atom. The van der Waals surface area contributed by atoms with Crippen LogP contribution in [0.1, 0.15) is 47.0 Å². The summed E-state index contributed by atoms with van der Waals surface area (Å²) in [6.07, 6.45) is 3.73. The molecule has 0 heterocycles. The first-order valence-electron chi connectivity index (χ1n) is 8.04. The molecular weight excluding hydrogens is 262 g/mol. The van der Waals surface area contributed by atoms with Crippen molar-refractivity contribution < 1.29 is 9.47 Å². The molecule has 0 aromatic heterocycles. The first-order valence-corrected chi connectivity index (χ1v) is 8.04. The van der Waals surface area contributed by atoms with E-state index in [0.29, 0.717) is 12.0 Å². The number of hydrogen-bond acceptors (Lipinski definition) is 3. The number of para-hydroxylation sites is 2. The van der Waals surface area contributed by atoms with Crippen LogP contribution in [-0.2, 0) is 0 Å². The van der Waals surface area contributed by atoms with Crippen LogP contribution < -0.4 is 14.8 Å². The summed E-state index contributed by atoms with van der Waals surface area (Å²) in [5.41, 5.74) is 0.645. The number of benzene rings is 1. The first kappa shape index (κ1) is 16.2. The molecule has 3 nitrogen and oxygen atoms in total. The molecule has 2 rings (SSSR count). The van der Waals surface area contributed by atoms with E-state index in [2.05, 4.69) is 26.1 Å². The monoisotopic (exact) mass is 291 g/mol. The van der Waals surface area contributed by atoms with Crippen LogP contribution in [-0.4, -0.2) is 25.3 Å². The minimum Gasteiger partial charge on any atom is -0.490 e. The van der Waals surface area contributed by atoms with Gasteiger partial charge in [-0.05, 0) is 64.5 Å². The van der Waals surface area contributed by atoms with Crippen LogP contribution in [0.2, 0.25) is 0 Å². The summed E-state index contributed by atoms with van der Waals surface area (Å²) >= 11 is 0. The van der Waals surface area contributed by atoms with Gasteiger partial charge in [0.15, 0.2) is 11.5 Å². The Labute approximate surface area is 129 Å². The normalized spacial score (nSPS) is 16.6. The molecule has 1 fully saturated rings. The molecule has 1 aromatic carbocycles. The fourth-order valence-electron chi connectivity index (χ4n) is 2.37. The molecular formula is C18H29NO2. The summed E-state index contributed by atoms with van der Waals surface area (Å²) in [6.45, 7) is 11.2. The molecule has 0 bridgehead atoms. The summed E-state index contributed by atoms with van der Waals surface area (Å²) in [4.78, 5) is 0. The van der Waals surface area contributed by atoms with Gasteiger partial charge in [0.1, 0.15) is 0 Å². The Morgan fingerprint density at radius 1 is 1.10 bits per heavy atom. The van der Waals surface area contributed by atoms with E-state index >= 15 is 0 Å². The van der Waals surface area contributed by atoms with E-state index in [9.17, 15) is 0 Å². The average molecular weight is 291 g/mol. The molecule has 0 radical (unpaired) electrons. The van der Waals surface area contributed by atoms with E-state index in [1.54, 1.807) is 0 Å². The molecule has 1 aromatic rings. The van der Waals surface area contributed by atoms with Gasteiger partial charge in [-0.2, -0.15) is 0 Å². The van der Waals surface area contributed by atoms with Gasteiger partial charge in [-0.3, -0.25) is 0 Å². The van der Waals surface area contributed by atoms with Crippen LogP contribution in [0.4, 0.5) is 0 Å². The van der Waals surface area contributed by atoms with Gasteiger partial charge in [-0.15, -0.1) is 0 Å². The average Bonchev–Trinajstić information content (AvgIpc) is 3.19. The number of nitrogens with one attached hydrogen (secondary N) is 1. The second kappa shape index (κ2) is 6.69. The van der Waals surface area contributed by atoms with Crippen molar-refractivity contribution in [3.05, 3.63) is 24.3 Å². The van der Waals surface area contributed by atoms with Crippen molar-refractivity contribution >= 4 is 0 Å². The lowest BCUT2D eigenvalue weighted by Gasteiger charge is -2.25. The lowest BCUT2D eigenvalue weighted by molar-refractivity contribution is 0.239. The summed E-state index contributed by atoms with van der Waals surface area (Å²) in [6, 6.07) is 7.92. The molecule has 0 saturated heterocycles. The second-order valence-corrected chi connectivity index (χ2v) is 7.08. The quantitative estimate of drug-likeness (QED) is 0.784. The minimum absolute atomic E-state index is 0.192. The number of ether oxygens (including phenoxy) is 2. The minimum atomic E-state index is 0.192. The van der Waals surface area contributed by atoms with E-state index in [1.165, 1.54) is 12.8 Å². The van der Waals surface area contributed by atoms with E-state index in [4.69, 9.17) is 9.47 Å². The van der Waals surface area contributed by atoms with Crippen molar-refractivity contribution in [2.45, 2.75) is 52.5 Å². The fourth-order valence-corrected chi connectivity index (χ4v) is 2.37. The fraction of sp³-hybridized carbons (Fsp3) is 0.667. The van der Waals surface area contributed by atoms with Crippen molar-refractivity contribution in [3.63, 3.8) is 0 Å². The van der Waals surface area contributed by atoms with Crippen molar-refractivity contribution in [2.24, 2.45) is 5.41 Å². The molecule has 1 aliphatic carbocycles. The van der Waals surface area contributed by atoms with Gasteiger partial charge in [-0.25, -0.2) is 0 Å². The van der Waals surface area contributed by atoms with Crippen molar-refractivity contribution in [1.82, 2.24) is 5.32 Å². The van der Waals surface area contributed by atoms with Crippen LogP contribution in [0.25, 0.3) is 0 Å². The Balaban J connectivity index is 1.79. The van der Waals surface area contributed by atoms with Crippen LogP contribution in [0.3, 0.4) is 0 Å². The molecule has 1 N–H and O–H groups in total. The zero-order valence-corrected chi connectivity index (χ0v) is 13.9. The van der Waals surface area contributed by atoms with Crippen LogP contribution in [0.15, 0.2) is 24.3 Å². The number of hydrogen-bond donors (Lipinski definition) is 1. The standard InChI is InChI=1S/C18H29NO2/c1-5-20-15-8-6-7-9-16(15)21-13-12-18(10-11-18)14-19-17(2,3)4/h6-9,19H,5,10-14H2,1-4H3. The molecule has 1 saturated carbocycles. The maximum atomic E-state index is 5.94. The predicted octanol–water partition coefficient (Wildman–Crippen LogP) is 4.02. The lowest BCUT2D eigenvalue weighted by Crippen LogP contribution is -2.40. The molecule has 0 unspecified atom stereocenters. The van der Waals surface area contributed by atoms with Gasteiger partial charge in [0, 0.05) is 12.1 Å². The van der Waals surface area contributed by atoms with E-state index in [1.807, 2.05) is 31.2 Å². The third-order valence-corrected chi connectivity index (χ3v) is 3.99. The summed E-state index contributed by atoms with van der Waals surface area (Å²) < 4.78 is 11.5. The van der Waals surface area contributed by atoms with E-state index < -0.39 is 0 Å². The predicted molar refractivity (Wildman–Crippen MR) is 87.1 cm³/mol. The van der Waals surface area contributed by atoms with Gasteiger partial charge in [0.2, 0.25) is 0 Å². The molecule has 118 valence electrons. The van der Waals surface area contributed by atoms with Gasteiger partial charge in [0.25, 0.3) is 0 Å². The van der Waals surface area contributed by atoms with E-state index in [0.717, 1.165) is 31.1 Å². The third-order valence-electron chi connectivity index (χ3n) is 3.99. The van der Waals surface area contributed by atoms with Gasteiger partial charge < -0.3 is 14.8 Å². The first-order chi connectivity index (χ1) is 9.94. The molecule has 21 heavy (non-hydrogen) atoms. The highest BCUT2D eigenvalue weighted by molar-refractivity contribution is 5.39. The van der Waals surface area contributed by atoms with Gasteiger partial charge in [0.05, 0.1) is 13.2 Å². The smallest absolute Gasteiger partial charge is 0.161 e. The molecule has 0 atom stereocenters. The Kier molecular flexibility index (Phi) is 5.15. The maximum Gasteiger partial charge on any atom is 0.161 e.